The minimum Gasteiger partial charge on any atom is -0.384 e. The molecule has 3 aromatic rings. The van der Waals surface area contributed by atoms with Gasteiger partial charge < -0.3 is 5.11 Å². The van der Waals surface area contributed by atoms with Crippen molar-refractivity contribution in [3.05, 3.63) is 66.9 Å². The minimum atomic E-state index is -0.677. The normalized spacial score (nSPS) is 12.8. The molecule has 1 N–H and O–H groups in total. The second-order valence-electron chi connectivity index (χ2n) is 4.38. The second-order valence-corrected chi connectivity index (χ2v) is 7.38. The summed E-state index contributed by atoms with van der Waals surface area (Å²) in [6.45, 7) is 0. The molecule has 2 aromatic carbocycles. The Kier molecular flexibility index (Phi) is 4.20. The van der Waals surface area contributed by atoms with Crippen LogP contribution in [-0.2, 0) is 0 Å². The molecule has 0 radical (unpaired) electrons. The zero-order valence-corrected chi connectivity index (χ0v) is 14.9. The van der Waals surface area contributed by atoms with Crippen LogP contribution in [0.3, 0.4) is 0 Å². The molecule has 0 aliphatic carbocycles. The molecule has 0 bridgehead atoms. The molecule has 1 atom stereocenters. The average Bonchev–Trinajstić information content (AvgIpc) is 2.86. The van der Waals surface area contributed by atoms with Crippen LogP contribution in [0.4, 0.5) is 0 Å². The Morgan fingerprint density at radius 1 is 1.10 bits per heavy atom. The lowest BCUT2D eigenvalue weighted by Crippen LogP contribution is -1.98. The van der Waals surface area contributed by atoms with Gasteiger partial charge in [0.1, 0.15) is 6.10 Å². The van der Waals surface area contributed by atoms with Crippen LogP contribution in [0.25, 0.3) is 10.1 Å². The molecule has 0 aliphatic rings. The largest absolute Gasteiger partial charge is 0.384 e. The molecule has 3 rings (SSSR count). The standard InChI is InChI=1S/C15H9Br2ClOS/c16-11-5-4-8(6-13(11)18)14(19)10-7-20-15-9(10)2-1-3-12(15)17/h1-7,14,19H. The molecule has 1 nitrogen and oxygen atoms in total. The summed E-state index contributed by atoms with van der Waals surface area (Å²) in [7, 11) is 0. The van der Waals surface area contributed by atoms with E-state index in [1.165, 1.54) is 0 Å². The first-order valence-electron chi connectivity index (χ1n) is 5.86. The highest BCUT2D eigenvalue weighted by molar-refractivity contribution is 9.11. The summed E-state index contributed by atoms with van der Waals surface area (Å²) in [5, 5.41) is 14.3. The van der Waals surface area contributed by atoms with E-state index in [0.717, 1.165) is 30.2 Å². The van der Waals surface area contributed by atoms with E-state index in [9.17, 15) is 5.11 Å². The van der Waals surface area contributed by atoms with Gasteiger partial charge >= 0.3 is 0 Å². The third-order valence-electron chi connectivity index (χ3n) is 3.14. The van der Waals surface area contributed by atoms with Gasteiger partial charge in [-0.3, -0.25) is 0 Å². The lowest BCUT2D eigenvalue weighted by atomic mass is 10.0. The maximum absolute atomic E-state index is 10.6. The molecule has 5 heteroatoms. The summed E-state index contributed by atoms with van der Waals surface area (Å²) in [5.41, 5.74) is 1.70. The van der Waals surface area contributed by atoms with E-state index in [-0.39, 0.29) is 0 Å². The molecular formula is C15H9Br2ClOS. The number of aliphatic hydroxyl groups excluding tert-OH is 1. The van der Waals surface area contributed by atoms with E-state index >= 15 is 0 Å². The fourth-order valence-electron chi connectivity index (χ4n) is 2.12. The van der Waals surface area contributed by atoms with Crippen molar-refractivity contribution < 1.29 is 5.11 Å². The maximum Gasteiger partial charge on any atom is 0.106 e. The maximum atomic E-state index is 10.6. The van der Waals surface area contributed by atoms with Crippen LogP contribution in [0.1, 0.15) is 17.2 Å². The number of halogens is 3. The van der Waals surface area contributed by atoms with Crippen LogP contribution < -0.4 is 0 Å². The summed E-state index contributed by atoms with van der Waals surface area (Å²) < 4.78 is 3.02. The van der Waals surface area contributed by atoms with Crippen LogP contribution in [0.5, 0.6) is 0 Å². The van der Waals surface area contributed by atoms with Crippen molar-refractivity contribution in [1.29, 1.82) is 0 Å². The van der Waals surface area contributed by atoms with E-state index in [1.807, 2.05) is 35.7 Å². The van der Waals surface area contributed by atoms with Gasteiger partial charge in [0.15, 0.2) is 0 Å². The van der Waals surface area contributed by atoms with Crippen molar-refractivity contribution in [1.82, 2.24) is 0 Å². The van der Waals surface area contributed by atoms with Gasteiger partial charge in [0.2, 0.25) is 0 Å². The van der Waals surface area contributed by atoms with Gasteiger partial charge in [0, 0.05) is 19.2 Å². The molecular weight excluding hydrogens is 423 g/mol. The summed E-state index contributed by atoms with van der Waals surface area (Å²) in [4.78, 5) is 0. The molecule has 0 spiro atoms. The van der Waals surface area contributed by atoms with Gasteiger partial charge in [-0.15, -0.1) is 11.3 Å². The smallest absolute Gasteiger partial charge is 0.106 e. The first kappa shape index (κ1) is 14.5. The molecule has 1 unspecified atom stereocenters. The van der Waals surface area contributed by atoms with Crippen LogP contribution in [0.2, 0.25) is 5.02 Å². The van der Waals surface area contributed by atoms with Gasteiger partial charge in [-0.2, -0.15) is 0 Å². The molecule has 0 fully saturated rings. The highest BCUT2D eigenvalue weighted by Gasteiger charge is 2.17. The number of hydrogen-bond donors (Lipinski definition) is 1. The van der Waals surface area contributed by atoms with Crippen molar-refractivity contribution in [3.63, 3.8) is 0 Å². The van der Waals surface area contributed by atoms with Crippen LogP contribution in [-0.4, -0.2) is 5.11 Å². The van der Waals surface area contributed by atoms with E-state index in [0.29, 0.717) is 5.02 Å². The van der Waals surface area contributed by atoms with Crippen LogP contribution in [0.15, 0.2) is 50.7 Å². The molecule has 0 saturated carbocycles. The Hall–Kier alpha value is -0.390. The fraction of sp³-hybridized carbons (Fsp3) is 0.0667. The number of hydrogen-bond acceptors (Lipinski definition) is 2. The van der Waals surface area contributed by atoms with Gasteiger partial charge in [-0.25, -0.2) is 0 Å². The average molecular weight is 433 g/mol. The summed E-state index contributed by atoms with van der Waals surface area (Å²) in [5.74, 6) is 0. The van der Waals surface area contributed by atoms with Crippen molar-refractivity contribution in [2.24, 2.45) is 0 Å². The first-order valence-corrected chi connectivity index (χ1v) is 8.71. The van der Waals surface area contributed by atoms with Crippen molar-refractivity contribution in [3.8, 4) is 0 Å². The summed E-state index contributed by atoms with van der Waals surface area (Å²) in [6.07, 6.45) is -0.677. The second kappa shape index (κ2) is 5.78. The number of rotatable bonds is 2. The summed E-state index contributed by atoms with van der Waals surface area (Å²) in [6, 6.07) is 11.5. The van der Waals surface area contributed by atoms with Gasteiger partial charge in [0.25, 0.3) is 0 Å². The van der Waals surface area contributed by atoms with Crippen molar-refractivity contribution in [2.45, 2.75) is 6.10 Å². The number of fused-ring (bicyclic) bond motifs is 1. The lowest BCUT2D eigenvalue weighted by Gasteiger charge is -2.11. The third kappa shape index (κ3) is 2.55. The van der Waals surface area contributed by atoms with E-state index in [4.69, 9.17) is 11.6 Å². The predicted molar refractivity (Wildman–Crippen MR) is 92.7 cm³/mol. The topological polar surface area (TPSA) is 20.2 Å². The Morgan fingerprint density at radius 3 is 2.65 bits per heavy atom. The Bertz CT molecular complexity index is 785. The van der Waals surface area contributed by atoms with Gasteiger partial charge in [-0.1, -0.05) is 29.8 Å². The quantitative estimate of drug-likeness (QED) is 0.514. The molecule has 102 valence electrons. The lowest BCUT2D eigenvalue weighted by molar-refractivity contribution is 0.222. The van der Waals surface area contributed by atoms with Crippen molar-refractivity contribution in [2.75, 3.05) is 0 Å². The van der Waals surface area contributed by atoms with E-state index < -0.39 is 6.10 Å². The molecule has 0 aliphatic heterocycles. The van der Waals surface area contributed by atoms with Crippen molar-refractivity contribution >= 4 is 64.9 Å². The first-order chi connectivity index (χ1) is 9.58. The molecule has 1 heterocycles. The molecule has 0 amide bonds. The highest BCUT2D eigenvalue weighted by Crippen LogP contribution is 2.38. The number of aliphatic hydroxyl groups is 1. The fourth-order valence-corrected chi connectivity index (χ4v) is 4.19. The van der Waals surface area contributed by atoms with E-state index in [2.05, 4.69) is 31.9 Å². The monoisotopic (exact) mass is 430 g/mol. The SMILES string of the molecule is OC(c1ccc(Br)c(Cl)c1)c1csc2c(Br)cccc12. The highest BCUT2D eigenvalue weighted by atomic mass is 79.9. The molecule has 1 aromatic heterocycles. The van der Waals surface area contributed by atoms with Crippen LogP contribution >= 0.6 is 54.8 Å². The predicted octanol–water partition coefficient (Wildman–Crippen LogP) is 6.16. The summed E-state index contributed by atoms with van der Waals surface area (Å²) >= 11 is 14.6. The minimum absolute atomic E-state index is 0.599. The number of thiophene rings is 1. The zero-order valence-electron chi connectivity index (χ0n) is 10.1. The van der Waals surface area contributed by atoms with Gasteiger partial charge in [-0.05, 0) is 66.4 Å². The Morgan fingerprint density at radius 2 is 1.90 bits per heavy atom. The Labute approximate surface area is 142 Å². The molecule has 20 heavy (non-hydrogen) atoms. The Balaban J connectivity index is 2.10. The number of benzene rings is 2. The molecule has 0 saturated heterocycles. The van der Waals surface area contributed by atoms with Crippen LogP contribution in [0, 0.1) is 0 Å². The van der Waals surface area contributed by atoms with Gasteiger partial charge in [0.05, 0.1) is 5.02 Å². The zero-order chi connectivity index (χ0) is 14.3. The third-order valence-corrected chi connectivity index (χ3v) is 6.34. The van der Waals surface area contributed by atoms with E-state index in [1.54, 1.807) is 17.4 Å².